The summed E-state index contributed by atoms with van der Waals surface area (Å²) in [5, 5.41) is 12.2. The molecular formula is C14H11N5O. The lowest BCUT2D eigenvalue weighted by Crippen LogP contribution is -2.18. The minimum atomic E-state index is -0.179. The molecule has 0 aliphatic carbocycles. The second-order valence-corrected chi connectivity index (χ2v) is 4.65. The average molecular weight is 265 g/mol. The Hall–Kier alpha value is -2.76. The lowest BCUT2D eigenvalue weighted by molar-refractivity contribution is 0.852. The lowest BCUT2D eigenvalue weighted by Gasteiger charge is -2.07. The maximum atomic E-state index is 12.4. The van der Waals surface area contributed by atoms with Crippen molar-refractivity contribution in [2.45, 2.75) is 6.42 Å². The summed E-state index contributed by atoms with van der Waals surface area (Å²) in [5.41, 5.74) is 2.51. The standard InChI is InChI=1S/C14H11N5O/c20-14-13-12(10-5-1-2-6-11(10)16-17-13)18-19(14)9-4-3-7-15-8-9/h1-2,4-7,18H,3,8H2. The Morgan fingerprint density at radius 1 is 1.20 bits per heavy atom. The molecule has 20 heavy (non-hydrogen) atoms. The summed E-state index contributed by atoms with van der Waals surface area (Å²) in [6.45, 7) is 0.498. The third-order valence-electron chi connectivity index (χ3n) is 3.43. The van der Waals surface area contributed by atoms with Crippen LogP contribution in [0.3, 0.4) is 0 Å². The van der Waals surface area contributed by atoms with Crippen molar-refractivity contribution in [3.63, 3.8) is 0 Å². The van der Waals surface area contributed by atoms with Gasteiger partial charge in [-0.05, 0) is 6.07 Å². The number of H-pyrrole nitrogens is 1. The first kappa shape index (κ1) is 11.1. The lowest BCUT2D eigenvalue weighted by atomic mass is 10.2. The van der Waals surface area contributed by atoms with Gasteiger partial charge in [-0.25, -0.2) is 4.68 Å². The van der Waals surface area contributed by atoms with Crippen molar-refractivity contribution < 1.29 is 0 Å². The quantitative estimate of drug-likeness (QED) is 0.726. The molecule has 98 valence electrons. The summed E-state index contributed by atoms with van der Waals surface area (Å²) in [4.78, 5) is 16.6. The Bertz CT molecular complexity index is 932. The monoisotopic (exact) mass is 265 g/mol. The number of nitrogens with zero attached hydrogens (tertiary/aromatic N) is 4. The third-order valence-corrected chi connectivity index (χ3v) is 3.43. The number of aromatic nitrogens is 4. The van der Waals surface area contributed by atoms with Crippen LogP contribution in [0.25, 0.3) is 27.6 Å². The van der Waals surface area contributed by atoms with Crippen molar-refractivity contribution in [3.05, 3.63) is 40.7 Å². The highest BCUT2D eigenvalue weighted by Crippen LogP contribution is 2.19. The van der Waals surface area contributed by atoms with Crippen LogP contribution in [0, 0.1) is 0 Å². The molecule has 0 atom stereocenters. The van der Waals surface area contributed by atoms with Crippen molar-refractivity contribution in [2.75, 3.05) is 6.54 Å². The fourth-order valence-electron chi connectivity index (χ4n) is 2.44. The number of nitrogens with one attached hydrogen (secondary N) is 1. The van der Waals surface area contributed by atoms with Crippen LogP contribution in [0.1, 0.15) is 6.42 Å². The highest BCUT2D eigenvalue weighted by molar-refractivity contribution is 6.00. The van der Waals surface area contributed by atoms with E-state index in [1.807, 2.05) is 36.6 Å². The first-order valence-electron chi connectivity index (χ1n) is 6.38. The molecule has 0 spiro atoms. The molecule has 1 aliphatic rings. The van der Waals surface area contributed by atoms with Crippen molar-refractivity contribution in [3.8, 4) is 0 Å². The van der Waals surface area contributed by atoms with E-state index in [2.05, 4.69) is 20.3 Å². The van der Waals surface area contributed by atoms with Crippen LogP contribution in [-0.2, 0) is 0 Å². The van der Waals surface area contributed by atoms with E-state index in [0.29, 0.717) is 12.1 Å². The second-order valence-electron chi connectivity index (χ2n) is 4.65. The maximum absolute atomic E-state index is 12.4. The number of hydrogen-bond acceptors (Lipinski definition) is 4. The van der Waals surface area contributed by atoms with E-state index in [4.69, 9.17) is 0 Å². The molecule has 1 N–H and O–H groups in total. The summed E-state index contributed by atoms with van der Waals surface area (Å²) >= 11 is 0. The molecule has 1 aromatic carbocycles. The van der Waals surface area contributed by atoms with Gasteiger partial charge in [0.05, 0.1) is 23.3 Å². The summed E-state index contributed by atoms with van der Waals surface area (Å²) in [7, 11) is 0. The van der Waals surface area contributed by atoms with Gasteiger partial charge >= 0.3 is 0 Å². The summed E-state index contributed by atoms with van der Waals surface area (Å²) in [6.07, 6.45) is 4.56. The Kier molecular flexibility index (Phi) is 2.29. The molecule has 4 rings (SSSR count). The summed E-state index contributed by atoms with van der Waals surface area (Å²) in [6, 6.07) is 7.63. The Labute approximate surface area is 113 Å². The van der Waals surface area contributed by atoms with E-state index < -0.39 is 0 Å². The molecule has 0 unspecified atom stereocenters. The van der Waals surface area contributed by atoms with E-state index in [1.165, 1.54) is 4.68 Å². The predicted molar refractivity (Wildman–Crippen MR) is 77.9 cm³/mol. The van der Waals surface area contributed by atoms with Gasteiger partial charge in [-0.2, -0.15) is 0 Å². The Balaban J connectivity index is 2.05. The van der Waals surface area contributed by atoms with Gasteiger partial charge < -0.3 is 0 Å². The minimum Gasteiger partial charge on any atom is -0.291 e. The Morgan fingerprint density at radius 3 is 2.95 bits per heavy atom. The van der Waals surface area contributed by atoms with E-state index in [-0.39, 0.29) is 5.56 Å². The molecular weight excluding hydrogens is 254 g/mol. The van der Waals surface area contributed by atoms with Gasteiger partial charge in [0.2, 0.25) is 0 Å². The van der Waals surface area contributed by atoms with E-state index >= 15 is 0 Å². The van der Waals surface area contributed by atoms with E-state index in [0.717, 1.165) is 28.5 Å². The van der Waals surface area contributed by atoms with Crippen LogP contribution in [0.4, 0.5) is 0 Å². The summed E-state index contributed by atoms with van der Waals surface area (Å²) in [5.74, 6) is 0. The largest absolute Gasteiger partial charge is 0.299 e. The topological polar surface area (TPSA) is 75.9 Å². The van der Waals surface area contributed by atoms with Gasteiger partial charge in [-0.15, -0.1) is 10.2 Å². The first-order chi connectivity index (χ1) is 9.84. The van der Waals surface area contributed by atoms with Crippen LogP contribution < -0.4 is 5.56 Å². The minimum absolute atomic E-state index is 0.179. The molecule has 0 bridgehead atoms. The molecule has 6 nitrogen and oxygen atoms in total. The van der Waals surface area contributed by atoms with Gasteiger partial charge in [-0.1, -0.05) is 24.3 Å². The number of allylic oxidation sites excluding steroid dienone is 1. The molecule has 0 amide bonds. The van der Waals surface area contributed by atoms with Crippen molar-refractivity contribution >= 4 is 33.8 Å². The fraction of sp³-hybridized carbons (Fsp3) is 0.143. The van der Waals surface area contributed by atoms with Crippen molar-refractivity contribution in [1.82, 2.24) is 20.0 Å². The van der Waals surface area contributed by atoms with Crippen LogP contribution in [0.5, 0.6) is 0 Å². The molecule has 0 saturated carbocycles. The molecule has 6 heteroatoms. The van der Waals surface area contributed by atoms with E-state index in [9.17, 15) is 4.79 Å². The number of fused-ring (bicyclic) bond motifs is 3. The highest BCUT2D eigenvalue weighted by atomic mass is 16.1. The smallest absolute Gasteiger partial charge is 0.291 e. The molecule has 2 aromatic heterocycles. The Morgan fingerprint density at radius 2 is 2.10 bits per heavy atom. The van der Waals surface area contributed by atoms with Gasteiger partial charge in [0.15, 0.2) is 5.52 Å². The molecule has 0 fully saturated rings. The molecule has 3 heterocycles. The average Bonchev–Trinajstić information content (AvgIpc) is 2.86. The molecule has 0 saturated heterocycles. The van der Waals surface area contributed by atoms with Gasteiger partial charge in [0.25, 0.3) is 5.56 Å². The zero-order valence-corrected chi connectivity index (χ0v) is 10.6. The van der Waals surface area contributed by atoms with Crippen molar-refractivity contribution in [1.29, 1.82) is 0 Å². The van der Waals surface area contributed by atoms with Gasteiger partial charge in [0, 0.05) is 18.0 Å². The number of aromatic amines is 1. The van der Waals surface area contributed by atoms with Crippen LogP contribution in [-0.4, -0.2) is 32.7 Å². The molecule has 1 aliphatic heterocycles. The maximum Gasteiger partial charge on any atom is 0.299 e. The van der Waals surface area contributed by atoms with Crippen molar-refractivity contribution in [2.24, 2.45) is 4.99 Å². The molecule has 3 aromatic rings. The third kappa shape index (κ3) is 1.51. The second kappa shape index (κ2) is 4.12. The first-order valence-corrected chi connectivity index (χ1v) is 6.38. The number of hydrogen-bond donors (Lipinski definition) is 1. The zero-order valence-electron chi connectivity index (χ0n) is 10.6. The normalized spacial score (nSPS) is 14.9. The van der Waals surface area contributed by atoms with Crippen LogP contribution in [0.2, 0.25) is 0 Å². The van der Waals surface area contributed by atoms with Gasteiger partial charge in [0.1, 0.15) is 0 Å². The number of aliphatic imine (C=N–C) groups is 1. The number of benzene rings is 1. The van der Waals surface area contributed by atoms with Crippen LogP contribution in [0.15, 0.2) is 40.1 Å². The molecule has 0 radical (unpaired) electrons. The zero-order chi connectivity index (χ0) is 13.5. The summed E-state index contributed by atoms with van der Waals surface area (Å²) < 4.78 is 1.52. The van der Waals surface area contributed by atoms with Crippen LogP contribution >= 0.6 is 0 Å². The SMILES string of the molecule is O=c1c2nnc3ccccc3c2[nH]n1C1=CCC=NC1. The number of rotatable bonds is 1. The van der Waals surface area contributed by atoms with E-state index in [1.54, 1.807) is 0 Å². The highest BCUT2D eigenvalue weighted by Gasteiger charge is 2.14. The fourth-order valence-corrected chi connectivity index (χ4v) is 2.44. The predicted octanol–water partition coefficient (Wildman–Crippen LogP) is 1.59. The van der Waals surface area contributed by atoms with Gasteiger partial charge in [-0.3, -0.25) is 14.9 Å². The number of dihydropyridines is 1.